The van der Waals surface area contributed by atoms with Crippen LogP contribution in [0.5, 0.6) is 0 Å². The van der Waals surface area contributed by atoms with Crippen LogP contribution in [0.15, 0.2) is 6.20 Å². The molecule has 1 aliphatic heterocycles. The molecule has 1 fully saturated rings. The standard InChI is InChI=1S/C11H14ClN5OS/c1-7-14-10(16-15-7)9-6-17(2-3-18-9)5-8-4-13-11(12)19-8/h4,9H,2-3,5-6H2,1H3,(H,14,15,16). The smallest absolute Gasteiger partial charge is 0.183 e. The first-order valence-electron chi connectivity index (χ1n) is 6.04. The monoisotopic (exact) mass is 299 g/mol. The van der Waals surface area contributed by atoms with Crippen LogP contribution in [0, 0.1) is 6.92 Å². The number of aryl methyl sites for hydroxylation is 1. The Bertz CT molecular complexity index is 557. The van der Waals surface area contributed by atoms with Gasteiger partial charge in [-0.2, -0.15) is 5.10 Å². The number of aromatic nitrogens is 4. The predicted molar refractivity (Wildman–Crippen MR) is 72.2 cm³/mol. The number of nitrogens with one attached hydrogen (secondary N) is 1. The third kappa shape index (κ3) is 3.11. The molecule has 0 saturated carbocycles. The predicted octanol–water partition coefficient (Wildman–Crippen LogP) is 1.80. The van der Waals surface area contributed by atoms with Gasteiger partial charge >= 0.3 is 0 Å². The highest BCUT2D eigenvalue weighted by atomic mass is 35.5. The normalized spacial score (nSPS) is 20.8. The summed E-state index contributed by atoms with van der Waals surface area (Å²) in [5, 5.41) is 7.02. The average molecular weight is 300 g/mol. The second-order valence-electron chi connectivity index (χ2n) is 4.45. The van der Waals surface area contributed by atoms with Gasteiger partial charge in [-0.15, -0.1) is 11.3 Å². The van der Waals surface area contributed by atoms with E-state index < -0.39 is 0 Å². The number of ether oxygens (including phenoxy) is 1. The molecule has 2 aromatic rings. The molecule has 6 nitrogen and oxygen atoms in total. The SMILES string of the molecule is Cc1nc(C2CN(Cc3cnc(Cl)s3)CCO2)n[nH]1. The van der Waals surface area contributed by atoms with E-state index in [9.17, 15) is 0 Å². The van der Waals surface area contributed by atoms with Crippen molar-refractivity contribution in [3.63, 3.8) is 0 Å². The van der Waals surface area contributed by atoms with Crippen molar-refractivity contribution in [2.24, 2.45) is 0 Å². The Labute approximate surface area is 119 Å². The molecule has 0 radical (unpaired) electrons. The van der Waals surface area contributed by atoms with Gasteiger partial charge in [0.05, 0.1) is 6.61 Å². The average Bonchev–Trinajstić information content (AvgIpc) is 2.99. The van der Waals surface area contributed by atoms with Gasteiger partial charge in [0.25, 0.3) is 0 Å². The third-order valence-corrected chi connectivity index (χ3v) is 4.06. The van der Waals surface area contributed by atoms with Crippen LogP contribution in [-0.2, 0) is 11.3 Å². The molecule has 0 aromatic carbocycles. The number of hydrogen-bond acceptors (Lipinski definition) is 6. The Morgan fingerprint density at radius 3 is 3.21 bits per heavy atom. The zero-order valence-corrected chi connectivity index (χ0v) is 12.0. The highest BCUT2D eigenvalue weighted by Crippen LogP contribution is 2.23. The highest BCUT2D eigenvalue weighted by molar-refractivity contribution is 7.15. The van der Waals surface area contributed by atoms with Crippen molar-refractivity contribution in [3.8, 4) is 0 Å². The summed E-state index contributed by atoms with van der Waals surface area (Å²) in [5.74, 6) is 1.54. The molecule has 2 aromatic heterocycles. The Balaban J connectivity index is 1.64. The number of halogens is 1. The molecule has 1 N–H and O–H groups in total. The van der Waals surface area contributed by atoms with Crippen molar-refractivity contribution in [1.29, 1.82) is 0 Å². The van der Waals surface area contributed by atoms with Gasteiger partial charge in [-0.25, -0.2) is 9.97 Å². The molecule has 1 aliphatic rings. The number of aromatic amines is 1. The molecular weight excluding hydrogens is 286 g/mol. The van der Waals surface area contributed by atoms with E-state index in [4.69, 9.17) is 16.3 Å². The van der Waals surface area contributed by atoms with Crippen LogP contribution in [0.25, 0.3) is 0 Å². The van der Waals surface area contributed by atoms with Crippen molar-refractivity contribution >= 4 is 22.9 Å². The van der Waals surface area contributed by atoms with Crippen molar-refractivity contribution in [2.45, 2.75) is 19.6 Å². The quantitative estimate of drug-likeness (QED) is 0.936. The molecule has 1 atom stereocenters. The molecule has 3 heterocycles. The zero-order chi connectivity index (χ0) is 13.2. The lowest BCUT2D eigenvalue weighted by Gasteiger charge is -2.31. The van der Waals surface area contributed by atoms with Gasteiger partial charge in [0.15, 0.2) is 10.3 Å². The fourth-order valence-corrected chi connectivity index (χ4v) is 3.10. The molecule has 0 aliphatic carbocycles. The molecule has 1 unspecified atom stereocenters. The number of H-pyrrole nitrogens is 1. The summed E-state index contributed by atoms with van der Waals surface area (Å²) in [6, 6.07) is 0. The van der Waals surface area contributed by atoms with Crippen molar-refractivity contribution in [2.75, 3.05) is 19.7 Å². The molecule has 19 heavy (non-hydrogen) atoms. The van der Waals surface area contributed by atoms with E-state index in [1.54, 1.807) is 0 Å². The minimum atomic E-state index is -0.0675. The van der Waals surface area contributed by atoms with Gasteiger partial charge in [-0.1, -0.05) is 11.6 Å². The highest BCUT2D eigenvalue weighted by Gasteiger charge is 2.25. The first kappa shape index (κ1) is 13.0. The zero-order valence-electron chi connectivity index (χ0n) is 10.5. The number of hydrogen-bond donors (Lipinski definition) is 1. The van der Waals surface area contributed by atoms with E-state index in [0.717, 1.165) is 36.2 Å². The van der Waals surface area contributed by atoms with Gasteiger partial charge in [0, 0.05) is 30.7 Å². The number of rotatable bonds is 3. The first-order valence-corrected chi connectivity index (χ1v) is 7.23. The second kappa shape index (κ2) is 5.54. The van der Waals surface area contributed by atoms with E-state index in [-0.39, 0.29) is 6.10 Å². The van der Waals surface area contributed by atoms with Crippen molar-refractivity contribution in [1.82, 2.24) is 25.1 Å². The van der Waals surface area contributed by atoms with E-state index >= 15 is 0 Å². The number of thiazole rings is 1. The maximum Gasteiger partial charge on any atom is 0.183 e. The fourth-order valence-electron chi connectivity index (χ4n) is 2.08. The molecule has 102 valence electrons. The summed E-state index contributed by atoms with van der Waals surface area (Å²) in [7, 11) is 0. The first-order chi connectivity index (χ1) is 9.20. The number of nitrogens with zero attached hydrogens (tertiary/aromatic N) is 4. The molecule has 0 spiro atoms. The molecular formula is C11H14ClN5OS. The van der Waals surface area contributed by atoms with Crippen LogP contribution in [0.2, 0.25) is 4.47 Å². The molecule has 8 heteroatoms. The minimum Gasteiger partial charge on any atom is -0.367 e. The molecule has 0 amide bonds. The van der Waals surface area contributed by atoms with E-state index in [1.807, 2.05) is 13.1 Å². The summed E-state index contributed by atoms with van der Waals surface area (Å²) in [6.45, 7) is 5.09. The summed E-state index contributed by atoms with van der Waals surface area (Å²) < 4.78 is 6.31. The van der Waals surface area contributed by atoms with Crippen LogP contribution in [0.4, 0.5) is 0 Å². The third-order valence-electron chi connectivity index (χ3n) is 2.96. The molecule has 1 saturated heterocycles. The van der Waals surface area contributed by atoms with E-state index in [0.29, 0.717) is 11.1 Å². The van der Waals surface area contributed by atoms with Gasteiger partial charge in [-0.3, -0.25) is 10.00 Å². The van der Waals surface area contributed by atoms with Crippen LogP contribution >= 0.6 is 22.9 Å². The Morgan fingerprint density at radius 2 is 2.53 bits per heavy atom. The maximum atomic E-state index is 5.85. The van der Waals surface area contributed by atoms with Gasteiger partial charge in [0.1, 0.15) is 11.9 Å². The second-order valence-corrected chi connectivity index (χ2v) is 6.15. The van der Waals surface area contributed by atoms with Crippen LogP contribution in [0.3, 0.4) is 0 Å². The summed E-state index contributed by atoms with van der Waals surface area (Å²) >= 11 is 7.36. The van der Waals surface area contributed by atoms with Gasteiger partial charge < -0.3 is 4.74 Å². The summed E-state index contributed by atoms with van der Waals surface area (Å²) in [5.41, 5.74) is 0. The number of morpholine rings is 1. The largest absolute Gasteiger partial charge is 0.367 e. The summed E-state index contributed by atoms with van der Waals surface area (Å²) in [4.78, 5) is 11.9. The van der Waals surface area contributed by atoms with Crippen LogP contribution in [-0.4, -0.2) is 44.8 Å². The lowest BCUT2D eigenvalue weighted by molar-refractivity contribution is -0.0367. The van der Waals surface area contributed by atoms with Gasteiger partial charge in [-0.05, 0) is 6.92 Å². The molecule has 0 bridgehead atoms. The Kier molecular flexibility index (Phi) is 3.79. The Hall–Kier alpha value is -1.02. The minimum absolute atomic E-state index is 0.0675. The fraction of sp³-hybridized carbons (Fsp3) is 0.545. The van der Waals surface area contributed by atoms with Crippen LogP contribution in [0.1, 0.15) is 22.6 Å². The van der Waals surface area contributed by atoms with E-state index in [2.05, 4.69) is 25.1 Å². The lowest BCUT2D eigenvalue weighted by Crippen LogP contribution is -2.38. The topological polar surface area (TPSA) is 66.9 Å². The van der Waals surface area contributed by atoms with Gasteiger partial charge in [0.2, 0.25) is 0 Å². The Morgan fingerprint density at radius 1 is 1.63 bits per heavy atom. The lowest BCUT2D eigenvalue weighted by atomic mass is 10.2. The van der Waals surface area contributed by atoms with Crippen LogP contribution < -0.4 is 0 Å². The van der Waals surface area contributed by atoms with Crippen molar-refractivity contribution in [3.05, 3.63) is 27.2 Å². The maximum absolute atomic E-state index is 5.85. The van der Waals surface area contributed by atoms with E-state index in [1.165, 1.54) is 11.3 Å². The summed E-state index contributed by atoms with van der Waals surface area (Å²) in [6.07, 6.45) is 1.76. The molecule has 3 rings (SSSR count). The van der Waals surface area contributed by atoms with Crippen molar-refractivity contribution < 1.29 is 4.74 Å².